The van der Waals surface area contributed by atoms with E-state index in [4.69, 9.17) is 17.0 Å². The van der Waals surface area contributed by atoms with E-state index >= 15 is 0 Å². The smallest absolute Gasteiger partial charge is 0.257 e. The predicted octanol–water partition coefficient (Wildman–Crippen LogP) is 4.29. The second-order valence-corrected chi connectivity index (χ2v) is 9.02. The summed E-state index contributed by atoms with van der Waals surface area (Å²) < 4.78 is 5.70. The Morgan fingerprint density at radius 1 is 1.15 bits per heavy atom. The number of rotatable bonds is 6. The Balaban J connectivity index is 1.32. The summed E-state index contributed by atoms with van der Waals surface area (Å²) in [5.41, 5.74) is 0.582. The lowest BCUT2D eigenvalue weighted by Crippen LogP contribution is -2.57. The molecular formula is C22H30N2O2S. The Labute approximate surface area is 167 Å². The number of amides is 1. The van der Waals surface area contributed by atoms with Crippen LogP contribution in [0.2, 0.25) is 0 Å². The molecule has 4 saturated carbocycles. The van der Waals surface area contributed by atoms with Crippen LogP contribution < -0.4 is 15.4 Å². The number of hydrogen-bond acceptors (Lipinski definition) is 3. The molecule has 1 aromatic carbocycles. The summed E-state index contributed by atoms with van der Waals surface area (Å²) in [6, 6.07) is 7.76. The maximum Gasteiger partial charge on any atom is 0.257 e. The average Bonchev–Trinajstić information content (AvgIpc) is 2.64. The van der Waals surface area contributed by atoms with E-state index in [1.807, 2.05) is 12.1 Å². The summed E-state index contributed by atoms with van der Waals surface area (Å²) in [4.78, 5) is 12.6. The molecule has 0 saturated heterocycles. The lowest BCUT2D eigenvalue weighted by atomic mass is 9.54. The van der Waals surface area contributed by atoms with Gasteiger partial charge >= 0.3 is 0 Å². The molecule has 1 aromatic rings. The molecule has 4 nitrogen and oxygen atoms in total. The van der Waals surface area contributed by atoms with Crippen molar-refractivity contribution < 1.29 is 9.53 Å². The van der Waals surface area contributed by atoms with Gasteiger partial charge in [-0.3, -0.25) is 10.1 Å². The first-order chi connectivity index (χ1) is 13.1. The van der Waals surface area contributed by atoms with Crippen molar-refractivity contribution in [2.24, 2.45) is 23.7 Å². The third-order valence-corrected chi connectivity index (χ3v) is 6.83. The van der Waals surface area contributed by atoms with E-state index in [2.05, 4.69) is 17.6 Å². The van der Waals surface area contributed by atoms with Crippen molar-refractivity contribution in [1.29, 1.82) is 0 Å². The zero-order valence-electron chi connectivity index (χ0n) is 16.1. The van der Waals surface area contributed by atoms with Crippen LogP contribution in [0, 0.1) is 23.7 Å². The van der Waals surface area contributed by atoms with Gasteiger partial charge in [0.15, 0.2) is 5.11 Å². The minimum Gasteiger partial charge on any atom is -0.494 e. The Hall–Kier alpha value is -1.62. The van der Waals surface area contributed by atoms with Gasteiger partial charge in [-0.1, -0.05) is 19.4 Å². The molecular weight excluding hydrogens is 356 g/mol. The van der Waals surface area contributed by atoms with E-state index in [1.54, 1.807) is 12.1 Å². The Morgan fingerprint density at radius 3 is 2.52 bits per heavy atom. The van der Waals surface area contributed by atoms with Crippen molar-refractivity contribution in [2.75, 3.05) is 6.61 Å². The van der Waals surface area contributed by atoms with E-state index in [-0.39, 0.29) is 5.91 Å². The predicted molar refractivity (Wildman–Crippen MR) is 111 cm³/mol. The molecule has 1 amide bonds. The standard InChI is InChI=1S/C22H30N2O2S/c1-2-3-7-26-19-6-4-5-16(13-19)21(25)24-22(27)23-20-17-9-14-8-15(11-17)12-18(20)10-14/h4-6,13-15,17-18,20H,2-3,7-12H2,1H3,(H2,23,24,25,27). The first kappa shape index (κ1) is 18.7. The monoisotopic (exact) mass is 386 g/mol. The number of unbranched alkanes of at least 4 members (excludes halogenated alkanes) is 1. The normalized spacial score (nSPS) is 30.8. The van der Waals surface area contributed by atoms with E-state index in [0.717, 1.165) is 42.3 Å². The summed E-state index contributed by atoms with van der Waals surface area (Å²) in [5.74, 6) is 3.89. The zero-order valence-corrected chi connectivity index (χ0v) is 16.9. The summed E-state index contributed by atoms with van der Waals surface area (Å²) in [5, 5.41) is 6.83. The molecule has 4 aliphatic carbocycles. The van der Waals surface area contributed by atoms with Gasteiger partial charge in [0.25, 0.3) is 5.91 Å². The molecule has 0 aromatic heterocycles. The van der Waals surface area contributed by atoms with Crippen LogP contribution in [-0.4, -0.2) is 23.7 Å². The molecule has 4 aliphatic rings. The second-order valence-electron chi connectivity index (χ2n) is 8.61. The summed E-state index contributed by atoms with van der Waals surface area (Å²) in [7, 11) is 0. The van der Waals surface area contributed by atoms with Gasteiger partial charge in [-0.05, 0) is 92.6 Å². The van der Waals surface area contributed by atoms with Crippen molar-refractivity contribution in [3.05, 3.63) is 29.8 Å². The molecule has 146 valence electrons. The maximum atomic E-state index is 12.6. The highest BCUT2D eigenvalue weighted by Crippen LogP contribution is 2.53. The number of hydrogen-bond donors (Lipinski definition) is 2. The van der Waals surface area contributed by atoms with Crippen LogP contribution in [0.1, 0.15) is 62.2 Å². The van der Waals surface area contributed by atoms with Crippen LogP contribution in [0.25, 0.3) is 0 Å². The van der Waals surface area contributed by atoms with Gasteiger partial charge in [-0.2, -0.15) is 0 Å². The third-order valence-electron chi connectivity index (χ3n) is 6.61. The molecule has 0 heterocycles. The molecule has 0 spiro atoms. The molecule has 0 unspecified atom stereocenters. The number of benzene rings is 1. The number of nitrogens with one attached hydrogen (secondary N) is 2. The fourth-order valence-corrected chi connectivity index (χ4v) is 5.81. The number of carbonyl (C=O) groups excluding carboxylic acids is 1. The van der Waals surface area contributed by atoms with Gasteiger partial charge in [0.1, 0.15) is 5.75 Å². The summed E-state index contributed by atoms with van der Waals surface area (Å²) in [6.45, 7) is 2.80. The van der Waals surface area contributed by atoms with Gasteiger partial charge in [0.2, 0.25) is 0 Å². The largest absolute Gasteiger partial charge is 0.494 e. The third kappa shape index (κ3) is 4.29. The van der Waals surface area contributed by atoms with Gasteiger partial charge in [-0.15, -0.1) is 0 Å². The molecule has 5 rings (SSSR count). The molecule has 0 radical (unpaired) electrons. The van der Waals surface area contributed by atoms with E-state index in [1.165, 1.54) is 32.1 Å². The molecule has 27 heavy (non-hydrogen) atoms. The maximum absolute atomic E-state index is 12.6. The van der Waals surface area contributed by atoms with Crippen molar-refractivity contribution in [1.82, 2.24) is 10.6 Å². The zero-order chi connectivity index (χ0) is 18.8. The molecule has 5 heteroatoms. The SMILES string of the molecule is CCCCOc1cccc(C(=O)NC(=S)NC2C3CC4CC(C3)CC2C4)c1. The Kier molecular flexibility index (Phi) is 5.67. The first-order valence-electron chi connectivity index (χ1n) is 10.5. The molecule has 4 fully saturated rings. The number of ether oxygens (including phenoxy) is 1. The Morgan fingerprint density at radius 2 is 1.85 bits per heavy atom. The highest BCUT2D eigenvalue weighted by molar-refractivity contribution is 7.80. The van der Waals surface area contributed by atoms with E-state index in [9.17, 15) is 4.79 Å². The first-order valence-corrected chi connectivity index (χ1v) is 10.9. The average molecular weight is 387 g/mol. The number of carbonyl (C=O) groups is 1. The van der Waals surface area contributed by atoms with Gasteiger partial charge in [0.05, 0.1) is 6.61 Å². The molecule has 0 atom stereocenters. The van der Waals surface area contributed by atoms with Crippen LogP contribution in [0.4, 0.5) is 0 Å². The topological polar surface area (TPSA) is 50.4 Å². The van der Waals surface area contributed by atoms with Crippen LogP contribution in [-0.2, 0) is 0 Å². The molecule has 2 N–H and O–H groups in total. The van der Waals surface area contributed by atoms with Crippen molar-refractivity contribution >= 4 is 23.2 Å². The van der Waals surface area contributed by atoms with Crippen molar-refractivity contribution in [3.63, 3.8) is 0 Å². The summed E-state index contributed by atoms with van der Waals surface area (Å²) >= 11 is 5.47. The lowest BCUT2D eigenvalue weighted by molar-refractivity contribution is -0.00692. The van der Waals surface area contributed by atoms with Crippen molar-refractivity contribution in [2.45, 2.75) is 57.9 Å². The second kappa shape index (κ2) is 8.17. The van der Waals surface area contributed by atoms with Crippen LogP contribution in [0.3, 0.4) is 0 Å². The minimum atomic E-state index is -0.169. The minimum absolute atomic E-state index is 0.169. The summed E-state index contributed by atoms with van der Waals surface area (Å²) in [6.07, 6.45) is 8.87. The molecule has 4 bridgehead atoms. The van der Waals surface area contributed by atoms with Crippen LogP contribution in [0.5, 0.6) is 5.75 Å². The fourth-order valence-electron chi connectivity index (χ4n) is 5.59. The van der Waals surface area contributed by atoms with Crippen LogP contribution in [0.15, 0.2) is 24.3 Å². The van der Waals surface area contributed by atoms with Crippen LogP contribution >= 0.6 is 12.2 Å². The highest BCUT2D eigenvalue weighted by Gasteiger charge is 2.48. The Bertz CT molecular complexity index is 677. The van der Waals surface area contributed by atoms with Gasteiger partial charge in [0, 0.05) is 11.6 Å². The van der Waals surface area contributed by atoms with E-state index < -0.39 is 0 Å². The molecule has 0 aliphatic heterocycles. The fraction of sp³-hybridized carbons (Fsp3) is 0.636. The van der Waals surface area contributed by atoms with E-state index in [0.29, 0.717) is 23.3 Å². The van der Waals surface area contributed by atoms with Gasteiger partial charge < -0.3 is 10.1 Å². The van der Waals surface area contributed by atoms with Crippen molar-refractivity contribution in [3.8, 4) is 5.75 Å². The quantitative estimate of drug-likeness (QED) is 0.565. The lowest BCUT2D eigenvalue weighted by Gasteiger charge is -2.54. The number of thiocarbonyl (C=S) groups is 1. The van der Waals surface area contributed by atoms with Gasteiger partial charge in [-0.25, -0.2) is 0 Å². The highest BCUT2D eigenvalue weighted by atomic mass is 32.1.